The second-order valence-electron chi connectivity index (χ2n) is 6.92. The van der Waals surface area contributed by atoms with E-state index in [-0.39, 0.29) is 11.3 Å². The van der Waals surface area contributed by atoms with Crippen molar-refractivity contribution in [3.05, 3.63) is 52.0 Å². The summed E-state index contributed by atoms with van der Waals surface area (Å²) in [4.78, 5) is 13.4. The molecule has 0 atom stereocenters. The van der Waals surface area contributed by atoms with Gasteiger partial charge in [-0.15, -0.1) is 11.8 Å². The third-order valence-corrected chi connectivity index (χ3v) is 5.63. The van der Waals surface area contributed by atoms with E-state index in [0.717, 1.165) is 20.8 Å². The van der Waals surface area contributed by atoms with E-state index in [2.05, 4.69) is 67.1 Å². The highest BCUT2D eigenvalue weighted by Crippen LogP contribution is 2.30. The summed E-state index contributed by atoms with van der Waals surface area (Å²) in [5.74, 6) is 1.09. The predicted octanol–water partition coefficient (Wildman–Crippen LogP) is 5.79. The summed E-state index contributed by atoms with van der Waals surface area (Å²) in [5, 5.41) is 2.92. The molecule has 0 aliphatic heterocycles. The molecule has 0 aromatic heterocycles. The topological polar surface area (TPSA) is 38.3 Å². The second kappa shape index (κ2) is 8.28. The molecule has 0 heterocycles. The van der Waals surface area contributed by atoms with Crippen molar-refractivity contribution in [3.8, 4) is 5.75 Å². The summed E-state index contributed by atoms with van der Waals surface area (Å²) in [5.41, 5.74) is 3.32. The van der Waals surface area contributed by atoms with Crippen LogP contribution in [-0.2, 0) is 10.2 Å². The Morgan fingerprint density at radius 2 is 1.92 bits per heavy atom. The molecule has 0 bridgehead atoms. The highest BCUT2D eigenvalue weighted by atomic mass is 79.9. The van der Waals surface area contributed by atoms with Crippen molar-refractivity contribution in [1.29, 1.82) is 0 Å². The highest BCUT2D eigenvalue weighted by Gasteiger charge is 2.15. The SMILES string of the molecule is COc1ccc(NC(=O)CSc2cc(C(C)(C)C)ccc2C)cc1Br. The Kier molecular flexibility index (Phi) is 6.58. The first-order valence-corrected chi connectivity index (χ1v) is 9.86. The van der Waals surface area contributed by atoms with Crippen molar-refractivity contribution in [2.75, 3.05) is 18.2 Å². The molecule has 2 rings (SSSR count). The zero-order chi connectivity index (χ0) is 18.6. The molecule has 0 radical (unpaired) electrons. The maximum atomic E-state index is 12.3. The summed E-state index contributed by atoms with van der Waals surface area (Å²) in [6, 6.07) is 12.0. The van der Waals surface area contributed by atoms with Crippen LogP contribution >= 0.6 is 27.7 Å². The van der Waals surface area contributed by atoms with Crippen LogP contribution in [-0.4, -0.2) is 18.8 Å². The Morgan fingerprint density at radius 3 is 2.52 bits per heavy atom. The smallest absolute Gasteiger partial charge is 0.234 e. The van der Waals surface area contributed by atoms with E-state index in [1.807, 2.05) is 18.2 Å². The Morgan fingerprint density at radius 1 is 1.20 bits per heavy atom. The van der Waals surface area contributed by atoms with Crippen LogP contribution in [0.3, 0.4) is 0 Å². The van der Waals surface area contributed by atoms with Crippen LogP contribution < -0.4 is 10.1 Å². The molecule has 134 valence electrons. The molecule has 25 heavy (non-hydrogen) atoms. The van der Waals surface area contributed by atoms with Crippen molar-refractivity contribution in [2.45, 2.75) is 38.0 Å². The molecule has 0 aliphatic carbocycles. The number of benzene rings is 2. The number of rotatable bonds is 5. The van der Waals surface area contributed by atoms with Crippen LogP contribution in [0.25, 0.3) is 0 Å². The van der Waals surface area contributed by atoms with Crippen LogP contribution in [0.4, 0.5) is 5.69 Å². The van der Waals surface area contributed by atoms with E-state index in [1.54, 1.807) is 18.9 Å². The van der Waals surface area contributed by atoms with Gasteiger partial charge in [0.15, 0.2) is 0 Å². The molecule has 5 heteroatoms. The van der Waals surface area contributed by atoms with Gasteiger partial charge in [-0.1, -0.05) is 32.9 Å². The quantitative estimate of drug-likeness (QED) is 0.620. The van der Waals surface area contributed by atoms with Gasteiger partial charge < -0.3 is 10.1 Å². The van der Waals surface area contributed by atoms with Gasteiger partial charge >= 0.3 is 0 Å². The van der Waals surface area contributed by atoms with E-state index in [4.69, 9.17) is 4.74 Å². The lowest BCUT2D eigenvalue weighted by atomic mass is 9.87. The molecular formula is C20H24BrNO2S. The van der Waals surface area contributed by atoms with Gasteiger partial charge in [0, 0.05) is 10.6 Å². The maximum Gasteiger partial charge on any atom is 0.234 e. The van der Waals surface area contributed by atoms with E-state index >= 15 is 0 Å². The second-order valence-corrected chi connectivity index (χ2v) is 8.79. The molecule has 0 fully saturated rings. The number of aryl methyl sites for hydroxylation is 1. The molecular weight excluding hydrogens is 398 g/mol. The zero-order valence-electron chi connectivity index (χ0n) is 15.3. The van der Waals surface area contributed by atoms with E-state index < -0.39 is 0 Å². The Balaban J connectivity index is 2.01. The standard InChI is InChI=1S/C20H24BrNO2S/c1-13-6-7-14(20(2,3)4)10-18(13)25-12-19(23)22-15-8-9-17(24-5)16(21)11-15/h6-11H,12H2,1-5H3,(H,22,23). The van der Waals surface area contributed by atoms with Crippen LogP contribution in [0.5, 0.6) is 5.75 Å². The lowest BCUT2D eigenvalue weighted by Gasteiger charge is -2.20. The Hall–Kier alpha value is -1.46. The molecule has 0 unspecified atom stereocenters. The van der Waals surface area contributed by atoms with E-state index in [9.17, 15) is 4.79 Å². The minimum atomic E-state index is -0.0253. The fraction of sp³-hybridized carbons (Fsp3) is 0.350. The fourth-order valence-electron chi connectivity index (χ4n) is 2.31. The van der Waals surface area contributed by atoms with Gasteiger partial charge in [0.1, 0.15) is 5.75 Å². The lowest BCUT2D eigenvalue weighted by Crippen LogP contribution is -2.14. The Bertz CT molecular complexity index is 769. The van der Waals surface area contributed by atoms with Crippen LogP contribution in [0.15, 0.2) is 45.8 Å². The van der Waals surface area contributed by atoms with Gasteiger partial charge in [-0.05, 0) is 63.7 Å². The average Bonchev–Trinajstić information content (AvgIpc) is 2.53. The van der Waals surface area contributed by atoms with Crippen molar-refractivity contribution < 1.29 is 9.53 Å². The molecule has 1 N–H and O–H groups in total. The van der Waals surface area contributed by atoms with Crippen molar-refractivity contribution >= 4 is 39.3 Å². The number of anilines is 1. The summed E-state index contributed by atoms with van der Waals surface area (Å²) in [7, 11) is 1.61. The normalized spacial score (nSPS) is 11.3. The van der Waals surface area contributed by atoms with Crippen molar-refractivity contribution in [2.24, 2.45) is 0 Å². The van der Waals surface area contributed by atoms with E-state index in [0.29, 0.717) is 5.75 Å². The van der Waals surface area contributed by atoms with Crippen molar-refractivity contribution in [1.82, 2.24) is 0 Å². The molecule has 1 amide bonds. The van der Waals surface area contributed by atoms with Gasteiger partial charge in [-0.3, -0.25) is 4.79 Å². The van der Waals surface area contributed by atoms with Gasteiger partial charge in [0.2, 0.25) is 5.91 Å². The summed E-state index contributed by atoms with van der Waals surface area (Å²) < 4.78 is 6.01. The molecule has 0 spiro atoms. The van der Waals surface area contributed by atoms with Gasteiger partial charge in [-0.2, -0.15) is 0 Å². The molecule has 2 aromatic rings. The number of nitrogens with one attached hydrogen (secondary N) is 1. The first-order chi connectivity index (χ1) is 11.7. The third-order valence-electron chi connectivity index (χ3n) is 3.85. The molecule has 2 aromatic carbocycles. The number of amides is 1. The average molecular weight is 422 g/mol. The van der Waals surface area contributed by atoms with Gasteiger partial charge in [0.25, 0.3) is 0 Å². The molecule has 0 saturated carbocycles. The number of carbonyl (C=O) groups is 1. The summed E-state index contributed by atoms with van der Waals surface area (Å²) >= 11 is 5.00. The first-order valence-electron chi connectivity index (χ1n) is 8.08. The Labute approximate surface area is 162 Å². The number of hydrogen-bond donors (Lipinski definition) is 1. The number of ether oxygens (including phenoxy) is 1. The molecule has 3 nitrogen and oxygen atoms in total. The summed E-state index contributed by atoms with van der Waals surface area (Å²) in [6.45, 7) is 8.66. The van der Waals surface area contributed by atoms with Crippen molar-refractivity contribution in [3.63, 3.8) is 0 Å². The number of carbonyl (C=O) groups excluding carboxylic acids is 1. The monoisotopic (exact) mass is 421 g/mol. The van der Waals surface area contributed by atoms with Gasteiger partial charge in [-0.25, -0.2) is 0 Å². The number of thioether (sulfide) groups is 1. The highest BCUT2D eigenvalue weighted by molar-refractivity contribution is 9.10. The first kappa shape index (κ1) is 19.9. The molecule has 0 aliphatic rings. The number of hydrogen-bond acceptors (Lipinski definition) is 3. The van der Waals surface area contributed by atoms with Crippen LogP contribution in [0.2, 0.25) is 0 Å². The number of methoxy groups -OCH3 is 1. The van der Waals surface area contributed by atoms with E-state index in [1.165, 1.54) is 11.1 Å². The minimum absolute atomic E-state index is 0.0253. The zero-order valence-corrected chi connectivity index (χ0v) is 17.7. The maximum absolute atomic E-state index is 12.3. The third kappa shape index (κ3) is 5.51. The van der Waals surface area contributed by atoms with Crippen LogP contribution in [0, 0.1) is 6.92 Å². The molecule has 0 saturated heterocycles. The predicted molar refractivity (Wildman–Crippen MR) is 110 cm³/mol. The summed E-state index contributed by atoms with van der Waals surface area (Å²) in [6.07, 6.45) is 0. The fourth-order valence-corrected chi connectivity index (χ4v) is 3.71. The number of halogens is 1. The largest absolute Gasteiger partial charge is 0.496 e. The van der Waals surface area contributed by atoms with Gasteiger partial charge in [0.05, 0.1) is 17.3 Å². The minimum Gasteiger partial charge on any atom is -0.496 e. The van der Waals surface area contributed by atoms with Crippen LogP contribution in [0.1, 0.15) is 31.9 Å². The lowest BCUT2D eigenvalue weighted by molar-refractivity contribution is -0.113.